The number of benzene rings is 4. The van der Waals surface area contributed by atoms with Crippen LogP contribution >= 0.6 is 0 Å². The van der Waals surface area contributed by atoms with Gasteiger partial charge in [-0.15, -0.1) is 0 Å². The lowest BCUT2D eigenvalue weighted by Crippen LogP contribution is -2.58. The van der Waals surface area contributed by atoms with Gasteiger partial charge >= 0.3 is 12.0 Å². The molecule has 6 rings (SSSR count). The van der Waals surface area contributed by atoms with E-state index in [2.05, 4.69) is 42.1 Å². The van der Waals surface area contributed by atoms with Crippen LogP contribution in [0, 0.1) is 5.92 Å². The number of urea groups is 1. The number of unbranched alkanes of at least 4 members (excludes halogenated alkanes) is 1. The fourth-order valence-electron chi connectivity index (χ4n) is 8.88. The van der Waals surface area contributed by atoms with Crippen molar-refractivity contribution in [2.24, 2.45) is 16.1 Å². The highest BCUT2D eigenvalue weighted by Crippen LogP contribution is 2.30. The van der Waals surface area contributed by atoms with Crippen LogP contribution in [0.2, 0.25) is 0 Å². The summed E-state index contributed by atoms with van der Waals surface area (Å²) in [5, 5.41) is 36.5. The number of hydrogen-bond acceptors (Lipinski definition) is 13. The lowest BCUT2D eigenvalue weighted by Gasteiger charge is -2.32. The number of amides is 6. The first-order valence-electron chi connectivity index (χ1n) is 25.1. The average Bonchev–Trinajstić information content (AvgIpc) is 3.39. The Hall–Kier alpha value is -7.17. The average molecular weight is 1040 g/mol. The molecule has 0 bridgehead atoms. The van der Waals surface area contributed by atoms with Crippen molar-refractivity contribution >= 4 is 79.3 Å². The minimum absolute atomic E-state index is 0.00357. The van der Waals surface area contributed by atoms with Crippen molar-refractivity contribution in [1.82, 2.24) is 31.5 Å². The van der Waals surface area contributed by atoms with Crippen LogP contribution in [0.4, 0.5) is 27.5 Å². The number of carboxylic acids is 1. The zero-order valence-corrected chi connectivity index (χ0v) is 42.7. The Morgan fingerprint density at radius 2 is 1.35 bits per heavy atom. The number of carbonyl (C=O) groups excluding carboxylic acids is 5. The van der Waals surface area contributed by atoms with Crippen molar-refractivity contribution in [1.29, 1.82) is 0 Å². The maximum atomic E-state index is 14.2. The summed E-state index contributed by atoms with van der Waals surface area (Å²) >= 11 is 0. The predicted octanol–water partition coefficient (Wildman–Crippen LogP) is 5.91. The van der Waals surface area contributed by atoms with Gasteiger partial charge in [-0.05, 0) is 98.7 Å². The fourth-order valence-corrected chi connectivity index (χ4v) is 9.58. The van der Waals surface area contributed by atoms with Crippen molar-refractivity contribution in [3.8, 4) is 0 Å². The van der Waals surface area contributed by atoms with Gasteiger partial charge in [-0.1, -0.05) is 56.4 Å². The van der Waals surface area contributed by atoms with E-state index in [0.29, 0.717) is 79.0 Å². The summed E-state index contributed by atoms with van der Waals surface area (Å²) in [6.45, 7) is 1.94. The van der Waals surface area contributed by atoms with E-state index < -0.39 is 58.0 Å². The van der Waals surface area contributed by atoms with Crippen LogP contribution in [0.3, 0.4) is 0 Å². The number of aliphatic carboxylic acids is 1. The molecule has 1 saturated heterocycles. The summed E-state index contributed by atoms with van der Waals surface area (Å²) in [7, 11) is -0.584. The minimum atomic E-state index is -4.48. The Labute approximate surface area is 431 Å². The summed E-state index contributed by atoms with van der Waals surface area (Å²) in [5.74, 6) is -3.42. The maximum absolute atomic E-state index is 14.2. The highest BCUT2D eigenvalue weighted by Gasteiger charge is 2.33. The van der Waals surface area contributed by atoms with E-state index in [1.54, 1.807) is 53.4 Å². The first-order chi connectivity index (χ1) is 35.5. The zero-order valence-electron chi connectivity index (χ0n) is 41.9. The normalized spacial score (nSPS) is 15.4. The van der Waals surface area contributed by atoms with Crippen molar-refractivity contribution in [3.63, 3.8) is 0 Å². The second kappa shape index (κ2) is 27.8. The third-order valence-electron chi connectivity index (χ3n) is 13.0. The van der Waals surface area contributed by atoms with Gasteiger partial charge in [-0.3, -0.25) is 23.7 Å². The topological polar surface area (TPSA) is 290 Å². The van der Waals surface area contributed by atoms with Gasteiger partial charge in [0.05, 0.1) is 24.6 Å². The first kappa shape index (κ1) is 56.1. The predicted molar refractivity (Wildman–Crippen MR) is 279 cm³/mol. The molecule has 21 nitrogen and oxygen atoms in total. The molecule has 1 heterocycles. The van der Waals surface area contributed by atoms with Crippen LogP contribution in [-0.2, 0) is 34.0 Å². The number of morpholine rings is 1. The van der Waals surface area contributed by atoms with Crippen LogP contribution in [0.15, 0.2) is 100 Å². The van der Waals surface area contributed by atoms with E-state index in [1.165, 1.54) is 12.1 Å². The van der Waals surface area contributed by atoms with E-state index in [4.69, 9.17) is 4.74 Å². The first-order valence-corrected chi connectivity index (χ1v) is 26.5. The third-order valence-corrected chi connectivity index (χ3v) is 13.9. The summed E-state index contributed by atoms with van der Waals surface area (Å²) < 4.78 is 39.0. The number of azo groups is 1. The van der Waals surface area contributed by atoms with Crippen molar-refractivity contribution in [2.75, 3.05) is 70.2 Å². The van der Waals surface area contributed by atoms with Crippen LogP contribution in [0.5, 0.6) is 0 Å². The van der Waals surface area contributed by atoms with Gasteiger partial charge in [0.25, 0.3) is 16.0 Å². The van der Waals surface area contributed by atoms with E-state index in [1.807, 2.05) is 43.3 Å². The Morgan fingerprint density at radius 1 is 0.716 bits per heavy atom. The van der Waals surface area contributed by atoms with Gasteiger partial charge in [-0.25, -0.2) is 9.59 Å². The van der Waals surface area contributed by atoms with E-state index >= 15 is 0 Å². The molecule has 2 fully saturated rings. The van der Waals surface area contributed by atoms with Gasteiger partial charge in [0.15, 0.2) is 0 Å². The molecule has 3 atom stereocenters. The Kier molecular flexibility index (Phi) is 21.1. The number of nitrogens with zero attached hydrogens (tertiary/aromatic N) is 4. The van der Waals surface area contributed by atoms with Gasteiger partial charge in [0.2, 0.25) is 17.7 Å². The number of anilines is 2. The molecule has 74 heavy (non-hydrogen) atoms. The van der Waals surface area contributed by atoms with Gasteiger partial charge in [-0.2, -0.15) is 18.6 Å². The summed E-state index contributed by atoms with van der Waals surface area (Å²) in [6, 6.07) is 19.4. The van der Waals surface area contributed by atoms with E-state index in [0.717, 1.165) is 37.8 Å². The van der Waals surface area contributed by atoms with Crippen molar-refractivity contribution in [2.45, 2.75) is 93.7 Å². The molecule has 4 aromatic carbocycles. The van der Waals surface area contributed by atoms with Crippen LogP contribution in [0.1, 0.15) is 81.0 Å². The van der Waals surface area contributed by atoms with Gasteiger partial charge in [0.1, 0.15) is 23.0 Å². The molecule has 0 unspecified atom stereocenters. The molecule has 1 saturated carbocycles. The zero-order chi connectivity index (χ0) is 53.0. The molecule has 2 aliphatic rings. The molecule has 0 aromatic heterocycles. The number of nitrogens with one attached hydrogen (secondary N) is 6. The Bertz CT molecular complexity index is 2690. The molecule has 22 heteroatoms. The van der Waals surface area contributed by atoms with E-state index in [-0.39, 0.29) is 55.6 Å². The molecule has 6 amide bonds. The fraction of sp³-hybridized carbons (Fsp3) is 0.462. The molecular formula is C52H68N10O11S. The summed E-state index contributed by atoms with van der Waals surface area (Å²) in [4.78, 5) is 83.6. The number of carboxylic acid groups (broad SMARTS) is 1. The molecular weight excluding hydrogens is 973 g/mol. The molecule has 0 spiro atoms. The largest absolute Gasteiger partial charge is 0.480 e. The monoisotopic (exact) mass is 1040 g/mol. The molecule has 398 valence electrons. The molecule has 4 aromatic rings. The number of hydrogen-bond donors (Lipinski definition) is 8. The summed E-state index contributed by atoms with van der Waals surface area (Å²) in [5.41, 5.74) is 3.23. The second-order valence-corrected chi connectivity index (χ2v) is 20.0. The van der Waals surface area contributed by atoms with Crippen LogP contribution in [-0.4, -0.2) is 137 Å². The maximum Gasteiger partial charge on any atom is 0.326 e. The highest BCUT2D eigenvalue weighted by atomic mass is 32.2. The summed E-state index contributed by atoms with van der Waals surface area (Å²) in [6.07, 6.45) is 5.37. The van der Waals surface area contributed by atoms with Crippen molar-refractivity contribution in [3.05, 3.63) is 90.5 Å². The smallest absolute Gasteiger partial charge is 0.326 e. The molecule has 8 N–H and O–H groups in total. The molecule has 0 radical (unpaired) electrons. The van der Waals surface area contributed by atoms with Crippen LogP contribution < -0.4 is 36.8 Å². The Balaban J connectivity index is 1.04. The lowest BCUT2D eigenvalue weighted by molar-refractivity contribution is -0.142. The third kappa shape index (κ3) is 17.2. The SMILES string of the molecule is CN(C)c1ccc(N=Nc2ccc(C(=O)NCCCC[C@H](NC(=O)[C@H](CCC(=O)NCCNc3cccc4c(S(=O)(=O)O)cccc34)NC(=O)[C@H](CC3CCCCC3)NC(=O)N3CCOCC3)C(=O)O)cc2)cc1. The van der Waals surface area contributed by atoms with Gasteiger partial charge < -0.3 is 51.5 Å². The minimum Gasteiger partial charge on any atom is -0.480 e. The quantitative estimate of drug-likeness (QED) is 0.0218. The Morgan fingerprint density at radius 3 is 2.01 bits per heavy atom. The molecule has 1 aliphatic heterocycles. The number of ether oxygens (including phenoxy) is 1. The lowest BCUT2D eigenvalue weighted by atomic mass is 9.84. The van der Waals surface area contributed by atoms with Gasteiger partial charge in [0, 0.05) is 81.0 Å². The number of carbonyl (C=O) groups is 6. The number of rotatable bonds is 25. The molecule has 1 aliphatic carbocycles. The highest BCUT2D eigenvalue weighted by molar-refractivity contribution is 7.86. The standard InChI is InChI=1S/C52H68N10O11S/c1-61(2)39-23-21-38(22-24-39)60-59-37-19-17-36(18-20-37)48(64)55-27-7-6-14-44(51(67)68)57-49(65)43(56-50(66)45(34-35-10-4-3-5-11-35)58-52(69)62-30-32-73-33-31-62)25-26-47(63)54-29-28-53-42-15-8-13-41-40(42)12-9-16-46(41)74(70,71)72/h8-9,12-13,15-24,35,43-45,53H,3-7,10-11,14,25-34H2,1-2H3,(H,54,63)(H,55,64)(H,56,66)(H,57,65)(H,58,69)(H,67,68)(H,70,71,72)/t43-,44-,45-/m0/s1. The van der Waals surface area contributed by atoms with Crippen LogP contribution in [0.25, 0.3) is 10.8 Å². The number of fused-ring (bicyclic) bond motifs is 1. The second-order valence-electron chi connectivity index (χ2n) is 18.7. The van der Waals surface area contributed by atoms with E-state index in [9.17, 15) is 46.8 Å². The van der Waals surface area contributed by atoms with Crippen molar-refractivity contribution < 1.29 is 51.6 Å².